The zero-order valence-electron chi connectivity index (χ0n) is 16.2. The van der Waals surface area contributed by atoms with Crippen molar-refractivity contribution in [2.45, 2.75) is 76.8 Å². The number of halogens is 1. The number of primary amides is 1. The molecule has 0 heterocycles. The summed E-state index contributed by atoms with van der Waals surface area (Å²) in [7, 11) is 0. The molecule has 0 atom stereocenters. The molecule has 0 unspecified atom stereocenters. The summed E-state index contributed by atoms with van der Waals surface area (Å²) in [6.45, 7) is 1.52. The Hall–Kier alpha value is -1.75. The summed E-state index contributed by atoms with van der Waals surface area (Å²) in [6.07, 6.45) is 10.5. The fourth-order valence-corrected chi connectivity index (χ4v) is 4.30. The molecule has 5 nitrogen and oxygen atoms in total. The number of hydrogen-bond acceptors (Lipinski definition) is 2. The van der Waals surface area contributed by atoms with Crippen molar-refractivity contribution >= 4 is 23.5 Å². The SMILES string of the molecule is CC(=O)NC1CCC(NC(N)=O)CC1.Clc1cccc(CC2CCCC2)c1. The zero-order chi connectivity index (χ0) is 19.6. The van der Waals surface area contributed by atoms with Crippen molar-refractivity contribution < 1.29 is 9.59 Å². The maximum atomic E-state index is 10.8. The predicted molar refractivity (Wildman–Crippen MR) is 110 cm³/mol. The highest BCUT2D eigenvalue weighted by molar-refractivity contribution is 6.30. The van der Waals surface area contributed by atoms with E-state index in [0.29, 0.717) is 0 Å². The molecule has 3 rings (SSSR count). The Kier molecular flexibility index (Phi) is 8.92. The summed E-state index contributed by atoms with van der Waals surface area (Å²) in [5.74, 6) is 0.926. The first-order chi connectivity index (χ1) is 12.9. The second-order valence-electron chi connectivity index (χ2n) is 7.74. The molecule has 27 heavy (non-hydrogen) atoms. The quantitative estimate of drug-likeness (QED) is 0.717. The lowest BCUT2D eigenvalue weighted by Gasteiger charge is -2.28. The number of nitrogens with two attached hydrogens (primary N) is 1. The predicted octanol–water partition coefficient (Wildman–Crippen LogP) is 4.17. The standard InChI is InChI=1S/C12H15Cl.C9H17N3O2/c13-12-7-3-6-11(9-12)8-10-4-1-2-5-10;1-6(13)11-7-2-4-8(5-3-7)12-9(10)14/h3,6-7,9-10H,1-2,4-5,8H2;7-8H,2-5H2,1H3,(H,11,13)(H3,10,12,14). The van der Waals surface area contributed by atoms with Crippen LogP contribution in [0.2, 0.25) is 5.02 Å². The van der Waals surface area contributed by atoms with Crippen LogP contribution in [0.4, 0.5) is 4.79 Å². The van der Waals surface area contributed by atoms with Gasteiger partial charge in [0.2, 0.25) is 5.91 Å². The average molecular weight is 394 g/mol. The Morgan fingerprint density at radius 2 is 1.63 bits per heavy atom. The number of hydrogen-bond donors (Lipinski definition) is 3. The molecule has 0 spiro atoms. The minimum absolute atomic E-state index is 0.0105. The van der Waals surface area contributed by atoms with E-state index in [9.17, 15) is 9.59 Å². The van der Waals surface area contributed by atoms with Gasteiger partial charge in [-0.05, 0) is 55.7 Å². The van der Waals surface area contributed by atoms with E-state index in [1.54, 1.807) is 0 Å². The Morgan fingerprint density at radius 3 is 2.15 bits per heavy atom. The lowest BCUT2D eigenvalue weighted by atomic mass is 9.91. The van der Waals surface area contributed by atoms with E-state index in [0.717, 1.165) is 36.6 Å². The largest absolute Gasteiger partial charge is 0.354 e. The van der Waals surface area contributed by atoms with Gasteiger partial charge in [0.25, 0.3) is 0 Å². The van der Waals surface area contributed by atoms with Gasteiger partial charge in [0, 0.05) is 24.0 Å². The summed E-state index contributed by atoms with van der Waals surface area (Å²) in [5, 5.41) is 6.43. The number of carbonyl (C=O) groups is 2. The Labute approximate surface area is 167 Å². The van der Waals surface area contributed by atoms with Gasteiger partial charge in [-0.3, -0.25) is 4.79 Å². The number of carbonyl (C=O) groups excluding carboxylic acids is 2. The van der Waals surface area contributed by atoms with Gasteiger partial charge >= 0.3 is 6.03 Å². The van der Waals surface area contributed by atoms with Crippen LogP contribution in [0.15, 0.2) is 24.3 Å². The number of urea groups is 1. The molecule has 150 valence electrons. The van der Waals surface area contributed by atoms with Gasteiger partial charge < -0.3 is 16.4 Å². The molecule has 0 aromatic heterocycles. The molecule has 0 bridgehead atoms. The first kappa shape index (κ1) is 21.5. The van der Waals surface area contributed by atoms with E-state index in [-0.39, 0.29) is 18.0 Å². The first-order valence-corrected chi connectivity index (χ1v) is 10.4. The van der Waals surface area contributed by atoms with Crippen LogP contribution in [0, 0.1) is 5.92 Å². The third-order valence-corrected chi connectivity index (χ3v) is 5.60. The lowest BCUT2D eigenvalue weighted by Crippen LogP contribution is -2.44. The summed E-state index contributed by atoms with van der Waals surface area (Å²) >= 11 is 5.93. The van der Waals surface area contributed by atoms with Crippen LogP contribution in [-0.4, -0.2) is 24.0 Å². The summed E-state index contributed by atoms with van der Waals surface area (Å²) in [5.41, 5.74) is 6.42. The van der Waals surface area contributed by atoms with Crippen molar-refractivity contribution in [3.05, 3.63) is 34.9 Å². The molecular formula is C21H32ClN3O2. The van der Waals surface area contributed by atoms with Crippen molar-refractivity contribution in [2.75, 3.05) is 0 Å². The minimum atomic E-state index is -0.465. The van der Waals surface area contributed by atoms with Crippen LogP contribution in [0.1, 0.15) is 63.9 Å². The maximum Gasteiger partial charge on any atom is 0.312 e. The molecule has 1 aromatic carbocycles. The van der Waals surface area contributed by atoms with Gasteiger partial charge in [0.05, 0.1) is 0 Å². The van der Waals surface area contributed by atoms with E-state index in [1.807, 2.05) is 12.1 Å². The van der Waals surface area contributed by atoms with E-state index in [4.69, 9.17) is 17.3 Å². The molecule has 0 aliphatic heterocycles. The second kappa shape index (κ2) is 11.2. The molecular weight excluding hydrogens is 362 g/mol. The second-order valence-corrected chi connectivity index (χ2v) is 8.18. The summed E-state index contributed by atoms with van der Waals surface area (Å²) in [6, 6.07) is 8.25. The number of benzene rings is 1. The van der Waals surface area contributed by atoms with Crippen LogP contribution < -0.4 is 16.4 Å². The summed E-state index contributed by atoms with van der Waals surface area (Å²) in [4.78, 5) is 21.3. The molecule has 0 radical (unpaired) electrons. The Balaban J connectivity index is 0.000000194. The van der Waals surface area contributed by atoms with Crippen LogP contribution in [0.5, 0.6) is 0 Å². The van der Waals surface area contributed by atoms with Gasteiger partial charge in [-0.15, -0.1) is 0 Å². The van der Waals surface area contributed by atoms with Gasteiger partial charge in [-0.2, -0.15) is 0 Å². The molecule has 4 N–H and O–H groups in total. The highest BCUT2D eigenvalue weighted by Gasteiger charge is 2.21. The van der Waals surface area contributed by atoms with Crippen molar-refractivity contribution in [1.29, 1.82) is 0 Å². The maximum absolute atomic E-state index is 10.8. The van der Waals surface area contributed by atoms with Gasteiger partial charge in [0.1, 0.15) is 0 Å². The molecule has 6 heteroatoms. The van der Waals surface area contributed by atoms with E-state index >= 15 is 0 Å². The third-order valence-electron chi connectivity index (χ3n) is 5.37. The van der Waals surface area contributed by atoms with E-state index < -0.39 is 6.03 Å². The fourth-order valence-electron chi connectivity index (χ4n) is 4.08. The van der Waals surface area contributed by atoms with Gasteiger partial charge in [-0.1, -0.05) is 49.4 Å². The molecule has 0 saturated heterocycles. The Morgan fingerprint density at radius 1 is 1.04 bits per heavy atom. The van der Waals surface area contributed by atoms with Crippen molar-refractivity contribution in [3.63, 3.8) is 0 Å². The minimum Gasteiger partial charge on any atom is -0.354 e. The highest BCUT2D eigenvalue weighted by atomic mass is 35.5. The fraction of sp³-hybridized carbons (Fsp3) is 0.619. The zero-order valence-corrected chi connectivity index (χ0v) is 16.9. The highest BCUT2D eigenvalue weighted by Crippen LogP contribution is 2.28. The molecule has 1 aromatic rings. The van der Waals surface area contributed by atoms with Crippen molar-refractivity contribution in [2.24, 2.45) is 11.7 Å². The van der Waals surface area contributed by atoms with Crippen LogP contribution >= 0.6 is 11.6 Å². The van der Waals surface area contributed by atoms with Crippen molar-refractivity contribution in [1.82, 2.24) is 10.6 Å². The number of rotatable bonds is 4. The molecule has 2 fully saturated rings. The molecule has 2 aliphatic rings. The monoisotopic (exact) mass is 393 g/mol. The van der Waals surface area contributed by atoms with Gasteiger partial charge in [-0.25, -0.2) is 4.79 Å². The molecule has 2 saturated carbocycles. The van der Waals surface area contributed by atoms with Gasteiger partial charge in [0.15, 0.2) is 0 Å². The Bertz CT molecular complexity index is 585. The molecule has 2 aliphatic carbocycles. The topological polar surface area (TPSA) is 84.2 Å². The molecule has 3 amide bonds. The number of amides is 3. The summed E-state index contributed by atoms with van der Waals surface area (Å²) < 4.78 is 0. The lowest BCUT2D eigenvalue weighted by molar-refractivity contribution is -0.119. The van der Waals surface area contributed by atoms with Crippen LogP contribution in [-0.2, 0) is 11.2 Å². The van der Waals surface area contributed by atoms with Crippen molar-refractivity contribution in [3.8, 4) is 0 Å². The van der Waals surface area contributed by atoms with Crippen LogP contribution in [0.25, 0.3) is 0 Å². The third kappa shape index (κ3) is 8.65. The normalized spacial score (nSPS) is 22.4. The first-order valence-electron chi connectivity index (χ1n) is 10.00. The van der Waals surface area contributed by atoms with Crippen LogP contribution in [0.3, 0.4) is 0 Å². The van der Waals surface area contributed by atoms with E-state index in [1.165, 1.54) is 44.6 Å². The average Bonchev–Trinajstić information content (AvgIpc) is 3.09. The van der Waals surface area contributed by atoms with E-state index in [2.05, 4.69) is 22.8 Å². The smallest absolute Gasteiger partial charge is 0.312 e. The number of nitrogens with one attached hydrogen (secondary N) is 2.